The number of hydrogen-bond donors (Lipinski definition) is 1. The molecule has 1 atom stereocenters. The van der Waals surface area contributed by atoms with Crippen LogP contribution in [0.25, 0.3) is 11.3 Å². The van der Waals surface area contributed by atoms with Gasteiger partial charge in [0.2, 0.25) is 10.0 Å². The van der Waals surface area contributed by atoms with Crippen LogP contribution in [-0.4, -0.2) is 56.0 Å². The van der Waals surface area contributed by atoms with Gasteiger partial charge >= 0.3 is 0 Å². The van der Waals surface area contributed by atoms with E-state index < -0.39 is 16.1 Å². The van der Waals surface area contributed by atoms with Crippen molar-refractivity contribution < 1.29 is 22.7 Å². The van der Waals surface area contributed by atoms with Gasteiger partial charge < -0.3 is 9.47 Å². The topological polar surface area (TPSA) is 97.8 Å². The van der Waals surface area contributed by atoms with Crippen LogP contribution in [0.4, 0.5) is 5.13 Å². The summed E-state index contributed by atoms with van der Waals surface area (Å²) in [5.41, 5.74) is 2.64. The molecule has 8 nitrogen and oxygen atoms in total. The zero-order valence-corrected chi connectivity index (χ0v) is 22.5. The molecule has 2 heterocycles. The van der Waals surface area contributed by atoms with Crippen LogP contribution in [0, 0.1) is 0 Å². The van der Waals surface area contributed by atoms with Crippen molar-refractivity contribution in [3.8, 4) is 17.0 Å². The van der Waals surface area contributed by atoms with Crippen molar-refractivity contribution >= 4 is 32.4 Å². The van der Waals surface area contributed by atoms with Gasteiger partial charge in [0.1, 0.15) is 5.75 Å². The first-order valence-corrected chi connectivity index (χ1v) is 14.1. The van der Waals surface area contributed by atoms with Crippen LogP contribution in [0.15, 0.2) is 58.8 Å². The van der Waals surface area contributed by atoms with Crippen LogP contribution in [0.2, 0.25) is 0 Å². The molecule has 1 fully saturated rings. The van der Waals surface area contributed by atoms with E-state index in [1.165, 1.54) is 21.2 Å². The maximum absolute atomic E-state index is 12.8. The normalized spacial score (nSPS) is 15.9. The number of hydrogen-bond acceptors (Lipinski definition) is 7. The highest BCUT2D eigenvalue weighted by Gasteiger charge is 2.26. The lowest BCUT2D eigenvalue weighted by Gasteiger charge is -2.26. The lowest BCUT2D eigenvalue weighted by molar-refractivity contribution is -0.122. The second-order valence-corrected chi connectivity index (χ2v) is 12.4. The second-order valence-electron chi connectivity index (χ2n) is 9.60. The minimum Gasteiger partial charge on any atom is -0.481 e. The largest absolute Gasteiger partial charge is 0.481 e. The molecule has 0 bridgehead atoms. The van der Waals surface area contributed by atoms with Gasteiger partial charge in [-0.05, 0) is 42.2 Å². The van der Waals surface area contributed by atoms with Crippen LogP contribution >= 0.6 is 11.3 Å². The number of morpholine rings is 1. The summed E-state index contributed by atoms with van der Waals surface area (Å²) < 4.78 is 38.1. The standard InChI is InChI=1S/C26H31N3O5S2/c1-18(34-21-9-7-20(8-10-21)26(2,3)4)24(30)28-25-27-23(17-35-25)19-5-11-22(12-6-19)36(31,32)29-13-15-33-16-14-29/h5-12,17-18H,13-16H2,1-4H3,(H,27,28,30). The van der Waals surface area contributed by atoms with Gasteiger partial charge in [-0.3, -0.25) is 10.1 Å². The van der Waals surface area contributed by atoms with E-state index in [9.17, 15) is 13.2 Å². The molecular formula is C26H31N3O5S2. The molecule has 1 aliphatic heterocycles. The lowest BCUT2D eigenvalue weighted by atomic mass is 9.87. The summed E-state index contributed by atoms with van der Waals surface area (Å²) in [6.45, 7) is 9.62. The molecule has 0 spiro atoms. The number of amides is 1. The van der Waals surface area contributed by atoms with Crippen molar-refractivity contribution in [3.05, 3.63) is 59.5 Å². The number of aromatic nitrogens is 1. The molecule has 0 radical (unpaired) electrons. The lowest BCUT2D eigenvalue weighted by Crippen LogP contribution is -2.40. The third-order valence-electron chi connectivity index (χ3n) is 5.89. The Morgan fingerprint density at radius 2 is 1.72 bits per heavy atom. The Hall–Kier alpha value is -2.79. The summed E-state index contributed by atoms with van der Waals surface area (Å²) in [6, 6.07) is 14.4. The zero-order chi connectivity index (χ0) is 25.9. The number of thiazole rings is 1. The molecule has 0 saturated carbocycles. The summed E-state index contributed by atoms with van der Waals surface area (Å²) in [7, 11) is -3.55. The number of nitrogens with one attached hydrogen (secondary N) is 1. The third-order valence-corrected chi connectivity index (χ3v) is 8.57. The van der Waals surface area contributed by atoms with Gasteiger partial charge in [0.25, 0.3) is 5.91 Å². The van der Waals surface area contributed by atoms with E-state index in [0.717, 1.165) is 5.56 Å². The monoisotopic (exact) mass is 529 g/mol. The summed E-state index contributed by atoms with van der Waals surface area (Å²) in [5.74, 6) is 0.320. The van der Waals surface area contributed by atoms with E-state index in [0.29, 0.717) is 42.9 Å². The SMILES string of the molecule is CC(Oc1ccc(C(C)(C)C)cc1)C(=O)Nc1nc(-c2ccc(S(=O)(=O)N3CCOCC3)cc2)cs1. The van der Waals surface area contributed by atoms with Crippen molar-refractivity contribution in [1.29, 1.82) is 0 Å². The smallest absolute Gasteiger partial charge is 0.266 e. The van der Waals surface area contributed by atoms with E-state index in [1.54, 1.807) is 31.2 Å². The summed E-state index contributed by atoms with van der Waals surface area (Å²) in [4.78, 5) is 17.4. The summed E-state index contributed by atoms with van der Waals surface area (Å²) in [5, 5.41) is 5.06. The van der Waals surface area contributed by atoms with Crippen molar-refractivity contribution in [2.24, 2.45) is 0 Å². The van der Waals surface area contributed by atoms with Crippen molar-refractivity contribution in [3.63, 3.8) is 0 Å². The zero-order valence-electron chi connectivity index (χ0n) is 20.9. The first-order valence-electron chi connectivity index (χ1n) is 11.8. The summed E-state index contributed by atoms with van der Waals surface area (Å²) in [6.07, 6.45) is -0.706. The molecule has 36 heavy (non-hydrogen) atoms. The minimum atomic E-state index is -3.55. The predicted octanol–water partition coefficient (Wildman–Crippen LogP) is 4.53. The number of carbonyl (C=O) groups is 1. The molecule has 1 amide bonds. The molecule has 4 rings (SSSR count). The fraction of sp³-hybridized carbons (Fsp3) is 0.385. The number of benzene rings is 2. The van der Waals surface area contributed by atoms with Crippen LogP contribution in [0.3, 0.4) is 0 Å². The van der Waals surface area contributed by atoms with Crippen molar-refractivity contribution in [2.75, 3.05) is 31.6 Å². The maximum atomic E-state index is 12.8. The minimum absolute atomic E-state index is 0.0430. The highest BCUT2D eigenvalue weighted by molar-refractivity contribution is 7.89. The molecule has 2 aromatic carbocycles. The van der Waals surface area contributed by atoms with E-state index in [4.69, 9.17) is 9.47 Å². The molecule has 1 saturated heterocycles. The Balaban J connectivity index is 1.37. The van der Waals surface area contributed by atoms with E-state index in [2.05, 4.69) is 31.1 Å². The van der Waals surface area contributed by atoms with Crippen LogP contribution in [0.5, 0.6) is 5.75 Å². The molecule has 1 aromatic heterocycles. The van der Waals surface area contributed by atoms with E-state index in [-0.39, 0.29) is 16.2 Å². The number of carbonyl (C=O) groups excluding carboxylic acids is 1. The van der Waals surface area contributed by atoms with Crippen molar-refractivity contribution in [1.82, 2.24) is 9.29 Å². The average Bonchev–Trinajstić information content (AvgIpc) is 3.33. The van der Waals surface area contributed by atoms with Crippen LogP contribution < -0.4 is 10.1 Å². The van der Waals surface area contributed by atoms with Crippen molar-refractivity contribution in [2.45, 2.75) is 44.1 Å². The van der Waals surface area contributed by atoms with Gasteiger partial charge in [-0.2, -0.15) is 4.31 Å². The first-order chi connectivity index (χ1) is 17.0. The Labute approximate surface area is 216 Å². The van der Waals surface area contributed by atoms with Gasteiger partial charge in [-0.25, -0.2) is 13.4 Å². The Morgan fingerprint density at radius 1 is 1.08 bits per heavy atom. The molecule has 10 heteroatoms. The van der Waals surface area contributed by atoms with E-state index in [1.807, 2.05) is 29.6 Å². The molecule has 1 aliphatic rings. The highest BCUT2D eigenvalue weighted by Crippen LogP contribution is 2.28. The quantitative estimate of drug-likeness (QED) is 0.483. The molecule has 0 aliphatic carbocycles. The predicted molar refractivity (Wildman–Crippen MR) is 141 cm³/mol. The average molecular weight is 530 g/mol. The van der Waals surface area contributed by atoms with Gasteiger partial charge in [0.05, 0.1) is 23.8 Å². The molecule has 1 unspecified atom stereocenters. The summed E-state index contributed by atoms with van der Waals surface area (Å²) >= 11 is 1.29. The Bertz CT molecular complexity index is 1290. The van der Waals surface area contributed by atoms with E-state index >= 15 is 0 Å². The van der Waals surface area contributed by atoms with Gasteiger partial charge in [-0.15, -0.1) is 11.3 Å². The number of ether oxygens (including phenoxy) is 2. The second kappa shape index (κ2) is 10.7. The van der Waals surface area contributed by atoms with Gasteiger partial charge in [0.15, 0.2) is 11.2 Å². The molecule has 3 aromatic rings. The molecular weight excluding hydrogens is 498 g/mol. The first kappa shape index (κ1) is 26.3. The number of rotatable bonds is 7. The van der Waals surface area contributed by atoms with Crippen LogP contribution in [0.1, 0.15) is 33.3 Å². The Morgan fingerprint density at radius 3 is 2.33 bits per heavy atom. The van der Waals surface area contributed by atoms with Gasteiger partial charge in [-0.1, -0.05) is 45.0 Å². The fourth-order valence-corrected chi connectivity index (χ4v) is 5.83. The third kappa shape index (κ3) is 6.12. The molecule has 1 N–H and O–H groups in total. The number of sulfonamides is 1. The van der Waals surface area contributed by atoms with Crippen LogP contribution in [-0.2, 0) is 25.0 Å². The fourth-order valence-electron chi connectivity index (χ4n) is 3.70. The molecule has 192 valence electrons. The number of anilines is 1. The maximum Gasteiger partial charge on any atom is 0.266 e. The Kier molecular flexibility index (Phi) is 7.79. The highest BCUT2D eigenvalue weighted by atomic mass is 32.2. The number of nitrogens with zero attached hydrogens (tertiary/aromatic N) is 2. The van der Waals surface area contributed by atoms with Gasteiger partial charge in [0, 0.05) is 24.0 Å².